The van der Waals surface area contributed by atoms with Crippen molar-refractivity contribution in [3.05, 3.63) is 28.2 Å². The van der Waals surface area contributed by atoms with Crippen molar-refractivity contribution in [2.75, 3.05) is 5.75 Å². The quantitative estimate of drug-likeness (QED) is 0.582. The number of unbranched alkanes of at least 4 members (excludes halogenated alkanes) is 2. The molecular formula is C12H14BrNS. The van der Waals surface area contributed by atoms with E-state index in [1.807, 2.05) is 18.2 Å². The fourth-order valence-electron chi connectivity index (χ4n) is 1.24. The first-order chi connectivity index (χ1) is 7.27. The molecule has 0 aliphatic heterocycles. The molecule has 0 fully saturated rings. The van der Waals surface area contributed by atoms with Gasteiger partial charge in [0, 0.05) is 9.37 Å². The third kappa shape index (κ3) is 4.27. The lowest BCUT2D eigenvalue weighted by Crippen LogP contribution is -1.84. The predicted octanol–water partition coefficient (Wildman–Crippen LogP) is 4.60. The normalized spacial score (nSPS) is 9.93. The van der Waals surface area contributed by atoms with Gasteiger partial charge in [-0.05, 0) is 30.4 Å². The lowest BCUT2D eigenvalue weighted by molar-refractivity contribution is 0.778. The summed E-state index contributed by atoms with van der Waals surface area (Å²) in [6, 6.07) is 8.02. The zero-order chi connectivity index (χ0) is 11.1. The van der Waals surface area contributed by atoms with Gasteiger partial charge in [-0.3, -0.25) is 0 Å². The molecule has 0 bridgehead atoms. The van der Waals surface area contributed by atoms with Crippen molar-refractivity contribution in [2.24, 2.45) is 0 Å². The van der Waals surface area contributed by atoms with Gasteiger partial charge in [0.2, 0.25) is 0 Å². The van der Waals surface area contributed by atoms with Gasteiger partial charge in [-0.15, -0.1) is 11.8 Å². The molecule has 0 N–H and O–H groups in total. The Morgan fingerprint density at radius 1 is 1.40 bits per heavy atom. The van der Waals surface area contributed by atoms with Crippen molar-refractivity contribution in [3.63, 3.8) is 0 Å². The van der Waals surface area contributed by atoms with Crippen molar-refractivity contribution in [3.8, 4) is 6.07 Å². The van der Waals surface area contributed by atoms with Crippen LogP contribution in [0.25, 0.3) is 0 Å². The SMILES string of the molecule is CCCCCSc1cc(Br)ccc1C#N. The number of nitriles is 1. The summed E-state index contributed by atoms with van der Waals surface area (Å²) in [5, 5.41) is 8.93. The van der Waals surface area contributed by atoms with Gasteiger partial charge in [-0.2, -0.15) is 5.26 Å². The Bertz CT molecular complexity index is 357. The van der Waals surface area contributed by atoms with Crippen molar-refractivity contribution >= 4 is 27.7 Å². The van der Waals surface area contributed by atoms with E-state index in [0.29, 0.717) is 0 Å². The maximum Gasteiger partial charge on any atom is 0.100 e. The van der Waals surface area contributed by atoms with Crippen molar-refractivity contribution < 1.29 is 0 Å². The summed E-state index contributed by atoms with van der Waals surface area (Å²) in [7, 11) is 0. The fourth-order valence-corrected chi connectivity index (χ4v) is 2.80. The van der Waals surface area contributed by atoms with E-state index in [-0.39, 0.29) is 0 Å². The van der Waals surface area contributed by atoms with Crippen LogP contribution < -0.4 is 0 Å². The number of hydrogen-bond donors (Lipinski definition) is 0. The second kappa shape index (κ2) is 6.92. The van der Waals surface area contributed by atoms with E-state index in [9.17, 15) is 0 Å². The highest BCUT2D eigenvalue weighted by Crippen LogP contribution is 2.26. The highest BCUT2D eigenvalue weighted by atomic mass is 79.9. The van der Waals surface area contributed by atoms with Gasteiger partial charge in [0.15, 0.2) is 0 Å². The van der Waals surface area contributed by atoms with Gasteiger partial charge < -0.3 is 0 Å². The molecule has 80 valence electrons. The average molecular weight is 284 g/mol. The largest absolute Gasteiger partial charge is 0.192 e. The minimum Gasteiger partial charge on any atom is -0.192 e. The Labute approximate surface area is 104 Å². The molecule has 0 saturated carbocycles. The zero-order valence-corrected chi connectivity index (χ0v) is 11.2. The molecule has 0 aliphatic carbocycles. The van der Waals surface area contributed by atoms with Gasteiger partial charge >= 0.3 is 0 Å². The van der Waals surface area contributed by atoms with Gasteiger partial charge in [0.25, 0.3) is 0 Å². The average Bonchev–Trinajstić information content (AvgIpc) is 2.25. The van der Waals surface area contributed by atoms with Crippen LogP contribution in [-0.2, 0) is 0 Å². The molecule has 0 radical (unpaired) electrons. The van der Waals surface area contributed by atoms with Crippen molar-refractivity contribution in [1.82, 2.24) is 0 Å². The van der Waals surface area contributed by atoms with E-state index in [4.69, 9.17) is 5.26 Å². The summed E-state index contributed by atoms with van der Waals surface area (Å²) in [5.41, 5.74) is 0.777. The van der Waals surface area contributed by atoms with Crippen molar-refractivity contribution in [2.45, 2.75) is 31.1 Å². The molecule has 0 saturated heterocycles. The van der Waals surface area contributed by atoms with Crippen LogP contribution in [0.3, 0.4) is 0 Å². The van der Waals surface area contributed by atoms with E-state index >= 15 is 0 Å². The van der Waals surface area contributed by atoms with E-state index in [0.717, 1.165) is 20.7 Å². The molecule has 0 amide bonds. The summed E-state index contributed by atoms with van der Waals surface area (Å²) >= 11 is 5.20. The highest BCUT2D eigenvalue weighted by Gasteiger charge is 2.02. The molecule has 0 atom stereocenters. The molecule has 3 heteroatoms. The van der Waals surface area contributed by atoms with Crippen LogP contribution in [0, 0.1) is 11.3 Å². The first-order valence-electron chi connectivity index (χ1n) is 5.10. The number of thioether (sulfide) groups is 1. The van der Waals surface area contributed by atoms with Crippen LogP contribution in [0.2, 0.25) is 0 Å². The molecule has 0 aromatic heterocycles. The standard InChI is InChI=1S/C12H14BrNS/c1-2-3-4-7-15-12-8-11(13)6-5-10(12)9-14/h5-6,8H,2-4,7H2,1H3. The van der Waals surface area contributed by atoms with Gasteiger partial charge in [0.1, 0.15) is 6.07 Å². The number of hydrogen-bond acceptors (Lipinski definition) is 2. The summed E-state index contributed by atoms with van der Waals surface area (Å²) < 4.78 is 1.04. The molecule has 15 heavy (non-hydrogen) atoms. The monoisotopic (exact) mass is 283 g/mol. The van der Waals surface area contributed by atoms with E-state index in [1.165, 1.54) is 19.3 Å². The number of nitrogens with zero attached hydrogens (tertiary/aromatic N) is 1. The maximum absolute atomic E-state index is 8.93. The lowest BCUT2D eigenvalue weighted by atomic mass is 10.2. The number of halogens is 1. The van der Waals surface area contributed by atoms with Crippen molar-refractivity contribution in [1.29, 1.82) is 5.26 Å². The van der Waals surface area contributed by atoms with Gasteiger partial charge in [0.05, 0.1) is 5.56 Å². The van der Waals surface area contributed by atoms with Crippen LogP contribution in [0.1, 0.15) is 31.7 Å². The first kappa shape index (κ1) is 12.6. The second-order valence-electron chi connectivity index (χ2n) is 3.31. The second-order valence-corrected chi connectivity index (χ2v) is 5.36. The Morgan fingerprint density at radius 3 is 2.87 bits per heavy atom. The zero-order valence-electron chi connectivity index (χ0n) is 8.79. The first-order valence-corrected chi connectivity index (χ1v) is 6.88. The van der Waals surface area contributed by atoms with Crippen LogP contribution >= 0.6 is 27.7 Å². The summed E-state index contributed by atoms with van der Waals surface area (Å²) in [6.45, 7) is 2.20. The molecule has 1 aromatic carbocycles. The Balaban J connectivity index is 2.59. The summed E-state index contributed by atoms with van der Waals surface area (Å²) in [4.78, 5) is 1.09. The van der Waals surface area contributed by atoms with Gasteiger partial charge in [-0.25, -0.2) is 0 Å². The Morgan fingerprint density at radius 2 is 2.20 bits per heavy atom. The van der Waals surface area contributed by atoms with Gasteiger partial charge in [-0.1, -0.05) is 35.7 Å². The molecule has 1 rings (SSSR count). The highest BCUT2D eigenvalue weighted by molar-refractivity contribution is 9.10. The van der Waals surface area contributed by atoms with Crippen LogP contribution in [0.5, 0.6) is 0 Å². The van der Waals surface area contributed by atoms with Crippen LogP contribution in [-0.4, -0.2) is 5.75 Å². The third-order valence-corrected chi connectivity index (χ3v) is 3.70. The molecule has 0 aliphatic rings. The molecule has 1 nitrogen and oxygen atoms in total. The van der Waals surface area contributed by atoms with E-state index in [1.54, 1.807) is 11.8 Å². The summed E-state index contributed by atoms with van der Waals surface area (Å²) in [6.07, 6.45) is 3.73. The maximum atomic E-state index is 8.93. The molecule has 0 unspecified atom stereocenters. The van der Waals surface area contributed by atoms with E-state index < -0.39 is 0 Å². The third-order valence-electron chi connectivity index (χ3n) is 2.07. The molecule has 0 heterocycles. The Hall–Kier alpha value is -0.460. The number of rotatable bonds is 5. The molecular weight excluding hydrogens is 270 g/mol. The molecule has 1 aromatic rings. The lowest BCUT2D eigenvalue weighted by Gasteiger charge is -2.03. The minimum atomic E-state index is 0.777. The molecule has 0 spiro atoms. The topological polar surface area (TPSA) is 23.8 Å². The van der Waals surface area contributed by atoms with Crippen LogP contribution in [0.15, 0.2) is 27.6 Å². The fraction of sp³-hybridized carbons (Fsp3) is 0.417. The van der Waals surface area contributed by atoms with E-state index in [2.05, 4.69) is 28.9 Å². The minimum absolute atomic E-state index is 0.777. The number of benzene rings is 1. The predicted molar refractivity (Wildman–Crippen MR) is 69.1 cm³/mol. The Kier molecular flexibility index (Phi) is 5.82. The smallest absolute Gasteiger partial charge is 0.100 e. The van der Waals surface area contributed by atoms with Crippen LogP contribution in [0.4, 0.5) is 0 Å². The summed E-state index contributed by atoms with van der Waals surface area (Å²) in [5.74, 6) is 1.10.